The Labute approximate surface area is 114 Å². The van der Waals surface area contributed by atoms with Crippen molar-refractivity contribution in [3.8, 4) is 0 Å². The van der Waals surface area contributed by atoms with E-state index in [0.717, 1.165) is 18.2 Å². The first-order valence-electron chi connectivity index (χ1n) is 5.61. The number of benzene rings is 1. The van der Waals surface area contributed by atoms with Crippen LogP contribution in [-0.4, -0.2) is 34.8 Å². The van der Waals surface area contributed by atoms with Crippen molar-refractivity contribution in [1.29, 1.82) is 0 Å². The van der Waals surface area contributed by atoms with Crippen molar-refractivity contribution >= 4 is 15.8 Å². The Morgan fingerprint density at radius 2 is 2.15 bits per heavy atom. The van der Waals surface area contributed by atoms with Gasteiger partial charge in [-0.2, -0.15) is 0 Å². The maximum atomic E-state index is 13.2. The number of aryl methyl sites for hydroxylation is 1. The van der Waals surface area contributed by atoms with Crippen LogP contribution in [0.4, 0.5) is 4.39 Å². The molecule has 6 nitrogen and oxygen atoms in total. The molecule has 1 heterocycles. The summed E-state index contributed by atoms with van der Waals surface area (Å²) < 4.78 is 38.9. The number of hydrogen-bond acceptors (Lipinski definition) is 4. The molecular weight excluding hydrogens is 287 g/mol. The Kier molecular flexibility index (Phi) is 3.84. The molecule has 2 rings (SSSR count). The molecule has 0 aliphatic heterocycles. The molecule has 0 aliphatic rings. The number of aromatic carboxylic acids is 1. The van der Waals surface area contributed by atoms with Gasteiger partial charge in [-0.1, -0.05) is 0 Å². The Hall–Kier alpha value is -2.22. The Bertz CT molecular complexity index is 726. The molecule has 2 aromatic rings. The number of sulfone groups is 1. The molecule has 0 amide bonds. The molecule has 1 aromatic carbocycles. The molecule has 1 N–H and O–H groups in total. The van der Waals surface area contributed by atoms with E-state index in [1.807, 2.05) is 0 Å². The van der Waals surface area contributed by atoms with Crippen LogP contribution in [0.25, 0.3) is 0 Å². The molecule has 0 aliphatic carbocycles. The van der Waals surface area contributed by atoms with E-state index in [2.05, 4.69) is 4.98 Å². The molecule has 0 fully saturated rings. The first kappa shape index (κ1) is 14.2. The van der Waals surface area contributed by atoms with E-state index in [0.29, 0.717) is 0 Å². The summed E-state index contributed by atoms with van der Waals surface area (Å²) in [5.74, 6) is -2.70. The number of hydrogen-bond donors (Lipinski definition) is 1. The van der Waals surface area contributed by atoms with Crippen LogP contribution in [0.1, 0.15) is 10.4 Å². The summed E-state index contributed by atoms with van der Waals surface area (Å²) in [6.07, 6.45) is 4.61. The molecular formula is C12H11FN2O4S. The zero-order chi connectivity index (χ0) is 14.8. The molecule has 0 saturated heterocycles. The second-order valence-electron chi connectivity index (χ2n) is 4.07. The Balaban J connectivity index is 2.25. The first-order chi connectivity index (χ1) is 9.40. The summed E-state index contributed by atoms with van der Waals surface area (Å²) in [4.78, 5) is 14.4. The fourth-order valence-corrected chi connectivity index (χ4v) is 2.88. The summed E-state index contributed by atoms with van der Waals surface area (Å²) in [5.41, 5.74) is -0.659. The predicted molar refractivity (Wildman–Crippen MR) is 67.6 cm³/mol. The fourth-order valence-electron chi connectivity index (χ4n) is 1.62. The number of nitrogens with zero attached hydrogens (tertiary/aromatic N) is 2. The Morgan fingerprint density at radius 1 is 1.40 bits per heavy atom. The minimum absolute atomic E-state index is 0.183. The minimum atomic E-state index is -3.69. The lowest BCUT2D eigenvalue weighted by Gasteiger charge is -2.06. The monoisotopic (exact) mass is 298 g/mol. The van der Waals surface area contributed by atoms with Crippen molar-refractivity contribution in [3.63, 3.8) is 0 Å². The maximum absolute atomic E-state index is 13.2. The minimum Gasteiger partial charge on any atom is -0.478 e. The summed E-state index contributed by atoms with van der Waals surface area (Å²) in [7, 11) is -3.69. The topological polar surface area (TPSA) is 89.3 Å². The van der Waals surface area contributed by atoms with Crippen molar-refractivity contribution in [2.24, 2.45) is 0 Å². The SMILES string of the molecule is O=C(O)c1cc(S(=O)(=O)CCn2ccnc2)ccc1F. The maximum Gasteiger partial charge on any atom is 0.338 e. The van der Waals surface area contributed by atoms with Crippen molar-refractivity contribution in [2.75, 3.05) is 5.75 Å². The van der Waals surface area contributed by atoms with E-state index < -0.39 is 27.2 Å². The van der Waals surface area contributed by atoms with Crippen LogP contribution in [0, 0.1) is 5.82 Å². The van der Waals surface area contributed by atoms with Gasteiger partial charge in [0.1, 0.15) is 5.82 Å². The number of carboxylic acid groups (broad SMARTS) is 1. The van der Waals surface area contributed by atoms with Gasteiger partial charge in [0, 0.05) is 18.9 Å². The van der Waals surface area contributed by atoms with Crippen molar-refractivity contribution in [1.82, 2.24) is 9.55 Å². The van der Waals surface area contributed by atoms with Crippen molar-refractivity contribution in [2.45, 2.75) is 11.4 Å². The average Bonchev–Trinajstić information content (AvgIpc) is 2.89. The number of imidazole rings is 1. The molecule has 20 heavy (non-hydrogen) atoms. The lowest BCUT2D eigenvalue weighted by Crippen LogP contribution is -2.13. The average molecular weight is 298 g/mol. The van der Waals surface area contributed by atoms with Gasteiger partial charge < -0.3 is 9.67 Å². The van der Waals surface area contributed by atoms with Crippen LogP contribution in [0.5, 0.6) is 0 Å². The molecule has 1 aromatic heterocycles. The van der Waals surface area contributed by atoms with Gasteiger partial charge in [-0.25, -0.2) is 22.6 Å². The number of halogens is 1. The summed E-state index contributed by atoms with van der Waals surface area (Å²) in [6.45, 7) is 0.183. The van der Waals surface area contributed by atoms with Gasteiger partial charge in [0.05, 0.1) is 22.5 Å². The van der Waals surface area contributed by atoms with E-state index >= 15 is 0 Å². The molecule has 0 radical (unpaired) electrons. The number of carboxylic acids is 1. The van der Waals surface area contributed by atoms with Gasteiger partial charge in [-0.3, -0.25) is 0 Å². The lowest BCUT2D eigenvalue weighted by atomic mass is 10.2. The zero-order valence-corrected chi connectivity index (χ0v) is 11.0. The standard InChI is InChI=1S/C12H11FN2O4S/c13-11-2-1-9(7-10(11)12(16)17)20(18,19)6-5-15-4-3-14-8-15/h1-4,7-8H,5-6H2,(H,16,17). The largest absolute Gasteiger partial charge is 0.478 e. The van der Waals surface area contributed by atoms with Gasteiger partial charge in [0.25, 0.3) is 0 Å². The van der Waals surface area contributed by atoms with E-state index in [1.54, 1.807) is 10.8 Å². The van der Waals surface area contributed by atoms with Crippen LogP contribution >= 0.6 is 0 Å². The normalized spacial score (nSPS) is 11.4. The fraction of sp³-hybridized carbons (Fsp3) is 0.167. The van der Waals surface area contributed by atoms with Gasteiger partial charge in [-0.15, -0.1) is 0 Å². The second kappa shape index (κ2) is 5.41. The predicted octanol–water partition coefficient (Wildman–Crippen LogP) is 1.19. The molecule has 0 atom stereocenters. The smallest absolute Gasteiger partial charge is 0.338 e. The van der Waals surface area contributed by atoms with Crippen LogP contribution in [0.3, 0.4) is 0 Å². The third-order valence-corrected chi connectivity index (χ3v) is 4.40. The highest BCUT2D eigenvalue weighted by molar-refractivity contribution is 7.91. The molecule has 0 spiro atoms. The molecule has 0 unspecified atom stereocenters. The van der Waals surface area contributed by atoms with Gasteiger partial charge >= 0.3 is 5.97 Å². The highest BCUT2D eigenvalue weighted by Crippen LogP contribution is 2.17. The van der Waals surface area contributed by atoms with E-state index in [1.165, 1.54) is 12.5 Å². The van der Waals surface area contributed by atoms with E-state index in [9.17, 15) is 17.6 Å². The molecule has 0 bridgehead atoms. The number of aromatic nitrogens is 2. The molecule has 106 valence electrons. The van der Waals surface area contributed by atoms with Crippen LogP contribution in [0.15, 0.2) is 41.8 Å². The van der Waals surface area contributed by atoms with E-state index in [4.69, 9.17) is 5.11 Å². The Morgan fingerprint density at radius 3 is 2.75 bits per heavy atom. The van der Waals surface area contributed by atoms with Gasteiger partial charge in [0.15, 0.2) is 9.84 Å². The van der Waals surface area contributed by atoms with Crippen molar-refractivity contribution < 1.29 is 22.7 Å². The highest BCUT2D eigenvalue weighted by atomic mass is 32.2. The van der Waals surface area contributed by atoms with E-state index in [-0.39, 0.29) is 17.2 Å². The molecule has 8 heteroatoms. The number of carbonyl (C=O) groups is 1. The highest BCUT2D eigenvalue weighted by Gasteiger charge is 2.19. The zero-order valence-electron chi connectivity index (χ0n) is 10.2. The first-order valence-corrected chi connectivity index (χ1v) is 7.27. The van der Waals surface area contributed by atoms with Gasteiger partial charge in [0.2, 0.25) is 0 Å². The van der Waals surface area contributed by atoms with Gasteiger partial charge in [-0.05, 0) is 18.2 Å². The summed E-state index contributed by atoms with van der Waals surface area (Å²) in [6, 6.07) is 2.74. The third-order valence-electron chi connectivity index (χ3n) is 2.70. The third kappa shape index (κ3) is 3.02. The van der Waals surface area contributed by atoms with Crippen LogP contribution in [0.2, 0.25) is 0 Å². The summed E-state index contributed by atoms with van der Waals surface area (Å²) in [5, 5.41) is 8.79. The lowest BCUT2D eigenvalue weighted by molar-refractivity contribution is 0.0691. The second-order valence-corrected chi connectivity index (χ2v) is 6.18. The quantitative estimate of drug-likeness (QED) is 0.838. The molecule has 0 saturated carbocycles. The summed E-state index contributed by atoms with van der Waals surface area (Å²) >= 11 is 0. The van der Waals surface area contributed by atoms with Crippen LogP contribution in [-0.2, 0) is 16.4 Å². The number of rotatable bonds is 5. The van der Waals surface area contributed by atoms with Crippen LogP contribution < -0.4 is 0 Å². The van der Waals surface area contributed by atoms with Crippen molar-refractivity contribution in [3.05, 3.63) is 48.3 Å².